The molecule has 33 heavy (non-hydrogen) atoms. The smallest absolute Gasteiger partial charge is 0.0455 e. The highest BCUT2D eigenvalue weighted by Gasteiger charge is 2.04. The van der Waals surface area contributed by atoms with E-state index in [0.717, 1.165) is 26.1 Å². The molecule has 1 aromatic heterocycles. The van der Waals surface area contributed by atoms with E-state index in [9.17, 15) is 0 Å². The molecule has 2 aromatic carbocycles. The van der Waals surface area contributed by atoms with E-state index in [-0.39, 0.29) is 5.41 Å². The Hall–Kier alpha value is -3.28. The van der Waals surface area contributed by atoms with Crippen molar-refractivity contribution in [2.75, 3.05) is 13.1 Å². The van der Waals surface area contributed by atoms with Crippen molar-refractivity contribution in [2.45, 2.75) is 40.7 Å². The Morgan fingerprint density at radius 1 is 0.909 bits per heavy atom. The van der Waals surface area contributed by atoms with E-state index in [1.165, 1.54) is 22.4 Å². The van der Waals surface area contributed by atoms with Gasteiger partial charge in [0.15, 0.2) is 0 Å². The van der Waals surface area contributed by atoms with Crippen LogP contribution in [0.15, 0.2) is 85.2 Å². The number of aromatic nitrogens is 1. The lowest BCUT2D eigenvalue weighted by Crippen LogP contribution is -2.24. The van der Waals surface area contributed by atoms with Crippen LogP contribution in [-0.4, -0.2) is 22.6 Å². The van der Waals surface area contributed by atoms with E-state index >= 15 is 0 Å². The van der Waals surface area contributed by atoms with Crippen molar-refractivity contribution < 1.29 is 0 Å². The Morgan fingerprint density at radius 2 is 1.61 bits per heavy atom. The highest BCUT2D eigenvalue weighted by molar-refractivity contribution is 5.70. The third-order valence-corrected chi connectivity index (χ3v) is 5.15. The summed E-state index contributed by atoms with van der Waals surface area (Å²) in [4.78, 5) is 2.47. The number of hydrogen-bond donors (Lipinski definition) is 0. The second-order valence-corrected chi connectivity index (χ2v) is 9.42. The Morgan fingerprint density at radius 3 is 2.30 bits per heavy atom. The predicted octanol–water partition coefficient (Wildman–Crippen LogP) is 7.47. The minimum Gasteiger partial charge on any atom is -0.324 e. The van der Waals surface area contributed by atoms with E-state index in [4.69, 9.17) is 0 Å². The summed E-state index contributed by atoms with van der Waals surface area (Å²) in [6, 6.07) is 21.5. The molecule has 0 bridgehead atoms. The molecular weight excluding hydrogens is 400 g/mol. The summed E-state index contributed by atoms with van der Waals surface area (Å²) in [6.07, 6.45) is 13.8. The molecule has 3 aromatic rings. The number of allylic oxidation sites excluding steroid dienone is 1. The zero-order valence-corrected chi connectivity index (χ0v) is 20.5. The van der Waals surface area contributed by atoms with Crippen molar-refractivity contribution >= 4 is 12.2 Å². The van der Waals surface area contributed by atoms with E-state index < -0.39 is 0 Å². The van der Waals surface area contributed by atoms with Gasteiger partial charge in [0.05, 0.1) is 0 Å². The summed E-state index contributed by atoms with van der Waals surface area (Å²) >= 11 is 0. The van der Waals surface area contributed by atoms with E-state index in [1.54, 1.807) is 0 Å². The molecule has 2 heteroatoms. The Balaban J connectivity index is 1.65. The van der Waals surface area contributed by atoms with Gasteiger partial charge in [-0.3, -0.25) is 4.90 Å². The number of hydrogen-bond acceptors (Lipinski definition) is 1. The van der Waals surface area contributed by atoms with Gasteiger partial charge in [-0.2, -0.15) is 0 Å². The average molecular weight is 437 g/mol. The quantitative estimate of drug-likeness (QED) is 0.249. The van der Waals surface area contributed by atoms with Crippen molar-refractivity contribution in [3.05, 3.63) is 102 Å². The number of rotatable bonds is 9. The minimum absolute atomic E-state index is 0.0466. The van der Waals surface area contributed by atoms with Crippen LogP contribution in [-0.2, 0) is 6.54 Å². The van der Waals surface area contributed by atoms with Gasteiger partial charge >= 0.3 is 0 Å². The molecule has 1 heterocycles. The van der Waals surface area contributed by atoms with Crippen LogP contribution in [0.2, 0.25) is 0 Å². The van der Waals surface area contributed by atoms with Crippen molar-refractivity contribution in [3.8, 4) is 17.5 Å². The highest BCUT2D eigenvalue weighted by atomic mass is 15.1. The first-order valence-electron chi connectivity index (χ1n) is 11.8. The van der Waals surface area contributed by atoms with Crippen LogP contribution in [0.1, 0.15) is 50.8 Å². The predicted molar refractivity (Wildman–Crippen MR) is 143 cm³/mol. The summed E-state index contributed by atoms with van der Waals surface area (Å²) < 4.78 is 2.13. The van der Waals surface area contributed by atoms with Crippen molar-refractivity contribution in [1.82, 2.24) is 9.47 Å². The fourth-order valence-corrected chi connectivity index (χ4v) is 3.61. The topological polar surface area (TPSA) is 8.17 Å². The van der Waals surface area contributed by atoms with Crippen LogP contribution >= 0.6 is 0 Å². The van der Waals surface area contributed by atoms with Crippen molar-refractivity contribution in [3.63, 3.8) is 0 Å². The lowest BCUT2D eigenvalue weighted by Gasteiger charge is -2.20. The second kappa shape index (κ2) is 12.1. The second-order valence-electron chi connectivity index (χ2n) is 9.42. The molecule has 170 valence electrons. The maximum atomic E-state index is 3.26. The van der Waals surface area contributed by atoms with Crippen LogP contribution < -0.4 is 0 Å². The largest absolute Gasteiger partial charge is 0.324 e. The lowest BCUT2D eigenvalue weighted by molar-refractivity contribution is 0.295. The van der Waals surface area contributed by atoms with Gasteiger partial charge < -0.3 is 4.57 Å². The molecule has 0 fully saturated rings. The maximum Gasteiger partial charge on any atom is 0.0455 e. The summed E-state index contributed by atoms with van der Waals surface area (Å²) in [6.45, 7) is 11.6. The van der Waals surface area contributed by atoms with Crippen molar-refractivity contribution in [2.24, 2.45) is 5.41 Å². The molecular formula is C31H36N2. The van der Waals surface area contributed by atoms with Gasteiger partial charge in [0.25, 0.3) is 0 Å². The fraction of sp³-hybridized carbons (Fsp3) is 0.290. The highest BCUT2D eigenvalue weighted by Crippen LogP contribution is 2.16. The first-order valence-corrected chi connectivity index (χ1v) is 11.8. The van der Waals surface area contributed by atoms with E-state index in [0.29, 0.717) is 0 Å². The summed E-state index contributed by atoms with van der Waals surface area (Å²) in [5.74, 6) is 6.43. The average Bonchev–Trinajstić information content (AvgIpc) is 3.32. The Kier molecular flexibility index (Phi) is 8.93. The van der Waals surface area contributed by atoms with Crippen LogP contribution in [0.3, 0.4) is 0 Å². The van der Waals surface area contributed by atoms with Crippen LogP contribution in [0.4, 0.5) is 0 Å². The molecule has 0 spiro atoms. The molecule has 0 aliphatic carbocycles. The lowest BCUT2D eigenvalue weighted by atomic mass is 9.98. The molecule has 2 nitrogen and oxygen atoms in total. The molecule has 0 aliphatic rings. The molecule has 0 N–H and O–H groups in total. The molecule has 0 radical (unpaired) electrons. The van der Waals surface area contributed by atoms with Gasteiger partial charge in [0.2, 0.25) is 0 Å². The zero-order chi connectivity index (χ0) is 23.5. The maximum absolute atomic E-state index is 3.26. The summed E-state index contributed by atoms with van der Waals surface area (Å²) in [7, 11) is 0. The Bertz CT molecular complexity index is 1120. The van der Waals surface area contributed by atoms with Crippen LogP contribution in [0.25, 0.3) is 17.8 Å². The first kappa shape index (κ1) is 24.4. The van der Waals surface area contributed by atoms with E-state index in [1.807, 2.05) is 18.2 Å². The summed E-state index contributed by atoms with van der Waals surface area (Å²) in [5, 5.41) is 0. The third-order valence-electron chi connectivity index (χ3n) is 5.15. The summed E-state index contributed by atoms with van der Waals surface area (Å²) in [5.41, 5.74) is 4.97. The molecule has 0 atom stereocenters. The molecule has 0 unspecified atom stereocenters. The van der Waals surface area contributed by atoms with Gasteiger partial charge in [-0.15, -0.1) is 0 Å². The molecule has 0 aliphatic heterocycles. The van der Waals surface area contributed by atoms with Gasteiger partial charge in [-0.1, -0.05) is 73.4 Å². The molecule has 3 rings (SSSR count). The Labute approximate surface area is 200 Å². The normalized spacial score (nSPS) is 11.9. The number of benzene rings is 2. The SMILES string of the molecule is CCCN(CC=CC#CC(C)(C)C)Cc1cccc(C=Cc2cccc(-n3cccc3)c2)c1. The van der Waals surface area contributed by atoms with Crippen molar-refractivity contribution in [1.29, 1.82) is 0 Å². The van der Waals surface area contributed by atoms with Crippen LogP contribution in [0, 0.1) is 17.3 Å². The zero-order valence-electron chi connectivity index (χ0n) is 20.5. The molecule has 0 saturated heterocycles. The third kappa shape index (κ3) is 8.64. The minimum atomic E-state index is 0.0466. The monoisotopic (exact) mass is 436 g/mol. The standard InChI is InChI=1S/C31H36N2/c1-5-20-32(21-8-6-7-19-31(2,3)4)26-29-15-11-13-27(24-29)17-18-28-14-12-16-30(25-28)33-22-9-10-23-33/h6,8-18,22-25H,5,20-21,26H2,1-4H3. The van der Waals surface area contributed by atoms with E-state index in [2.05, 4.69) is 128 Å². The number of nitrogens with zero attached hydrogens (tertiary/aromatic N) is 2. The first-order chi connectivity index (χ1) is 15.9. The van der Waals surface area contributed by atoms with Gasteiger partial charge in [-0.05, 0) is 80.8 Å². The van der Waals surface area contributed by atoms with Gasteiger partial charge in [-0.25, -0.2) is 0 Å². The van der Waals surface area contributed by atoms with Gasteiger partial charge in [0.1, 0.15) is 0 Å². The van der Waals surface area contributed by atoms with Gasteiger partial charge in [0, 0.05) is 36.6 Å². The fourth-order valence-electron chi connectivity index (χ4n) is 3.61. The molecule has 0 saturated carbocycles. The van der Waals surface area contributed by atoms with Crippen LogP contribution in [0.5, 0.6) is 0 Å². The molecule has 0 amide bonds.